The highest BCUT2D eigenvalue weighted by molar-refractivity contribution is 9.10. The second-order valence-electron chi connectivity index (χ2n) is 4.17. The van der Waals surface area contributed by atoms with Crippen molar-refractivity contribution in [3.8, 4) is 11.5 Å². The van der Waals surface area contributed by atoms with Crippen LogP contribution in [0.15, 0.2) is 15.5 Å². The Labute approximate surface area is 107 Å². The van der Waals surface area contributed by atoms with Crippen molar-refractivity contribution < 1.29 is 14.6 Å². The summed E-state index contributed by atoms with van der Waals surface area (Å²) in [5, 5.41) is 10.2. The zero-order chi connectivity index (χ0) is 12.6. The summed E-state index contributed by atoms with van der Waals surface area (Å²) in [6, 6.07) is 1.74. The molecule has 1 fully saturated rings. The molecule has 0 heterocycles. The molecule has 90 valence electrons. The molecule has 0 bridgehead atoms. The number of aromatic hydroxyl groups is 1. The van der Waals surface area contributed by atoms with E-state index < -0.39 is 5.54 Å². The van der Waals surface area contributed by atoms with Gasteiger partial charge in [0.1, 0.15) is 5.54 Å². The lowest BCUT2D eigenvalue weighted by Crippen LogP contribution is -2.06. The summed E-state index contributed by atoms with van der Waals surface area (Å²) in [5.41, 5.74) is 0.934. The normalized spacial score (nSPS) is 16.2. The van der Waals surface area contributed by atoms with Crippen LogP contribution in [0.4, 0.5) is 0 Å². The monoisotopic (exact) mass is 297 g/mol. The molecule has 2 rings (SSSR count). The largest absolute Gasteiger partial charge is 0.504 e. The minimum atomic E-state index is -0.621. The quantitative estimate of drug-likeness (QED) is 0.689. The number of carbonyl (C=O) groups excluding carboxylic acids is 1. The fourth-order valence-electron chi connectivity index (χ4n) is 1.96. The fraction of sp³-hybridized carbons (Fsp3) is 0.417. The van der Waals surface area contributed by atoms with Gasteiger partial charge in [0.05, 0.1) is 7.11 Å². The standard InChI is InChI=1S/C12H12BrNO3/c1-7-5-8(17-2)11(16)9(10(7)13)12(3-4-12)14-6-15/h5,16H,3-4H2,1-2H3. The Balaban J connectivity index is 2.68. The summed E-state index contributed by atoms with van der Waals surface area (Å²) in [5.74, 6) is 0.439. The smallest absolute Gasteiger partial charge is 0.235 e. The molecule has 0 spiro atoms. The number of hydrogen-bond acceptors (Lipinski definition) is 4. The lowest BCUT2D eigenvalue weighted by atomic mass is 10.0. The van der Waals surface area contributed by atoms with E-state index in [2.05, 4.69) is 20.9 Å². The highest BCUT2D eigenvalue weighted by Gasteiger charge is 2.49. The molecule has 1 saturated carbocycles. The second-order valence-corrected chi connectivity index (χ2v) is 4.96. The number of benzene rings is 1. The van der Waals surface area contributed by atoms with E-state index in [1.807, 2.05) is 6.92 Å². The van der Waals surface area contributed by atoms with E-state index in [9.17, 15) is 9.90 Å². The summed E-state index contributed by atoms with van der Waals surface area (Å²) in [6.07, 6.45) is 3.06. The van der Waals surface area contributed by atoms with Gasteiger partial charge in [0.15, 0.2) is 11.5 Å². The molecule has 0 saturated heterocycles. The molecule has 1 aliphatic carbocycles. The van der Waals surface area contributed by atoms with Crippen LogP contribution in [0.2, 0.25) is 0 Å². The van der Waals surface area contributed by atoms with Crippen LogP contribution in [0.25, 0.3) is 0 Å². The molecule has 1 aromatic rings. The Morgan fingerprint density at radius 3 is 2.71 bits per heavy atom. The number of phenols is 1. The summed E-state index contributed by atoms with van der Waals surface area (Å²) >= 11 is 3.43. The third-order valence-corrected chi connectivity index (χ3v) is 4.07. The zero-order valence-corrected chi connectivity index (χ0v) is 11.2. The molecule has 0 unspecified atom stereocenters. The number of aliphatic imine (C=N–C) groups is 1. The van der Waals surface area contributed by atoms with Gasteiger partial charge in [-0.05, 0) is 31.4 Å². The molecular formula is C12H12BrNO3. The van der Waals surface area contributed by atoms with Crippen molar-refractivity contribution in [2.24, 2.45) is 4.99 Å². The maximum Gasteiger partial charge on any atom is 0.235 e. The summed E-state index contributed by atoms with van der Waals surface area (Å²) in [7, 11) is 1.49. The van der Waals surface area contributed by atoms with E-state index in [1.54, 1.807) is 12.1 Å². The third-order valence-electron chi connectivity index (χ3n) is 3.05. The van der Waals surface area contributed by atoms with Gasteiger partial charge >= 0.3 is 0 Å². The third kappa shape index (κ3) is 1.85. The Morgan fingerprint density at radius 2 is 2.24 bits per heavy atom. The molecule has 1 aliphatic rings. The van der Waals surface area contributed by atoms with Crippen LogP contribution >= 0.6 is 15.9 Å². The minimum Gasteiger partial charge on any atom is -0.504 e. The molecule has 0 radical (unpaired) electrons. The van der Waals surface area contributed by atoms with Crippen LogP contribution < -0.4 is 4.74 Å². The number of hydrogen-bond donors (Lipinski definition) is 1. The average Bonchev–Trinajstić information content (AvgIpc) is 3.05. The van der Waals surface area contributed by atoms with Crippen LogP contribution in [0, 0.1) is 6.92 Å². The van der Waals surface area contributed by atoms with Crippen molar-refractivity contribution in [2.45, 2.75) is 25.3 Å². The van der Waals surface area contributed by atoms with Crippen molar-refractivity contribution in [2.75, 3.05) is 7.11 Å². The van der Waals surface area contributed by atoms with Gasteiger partial charge in [0, 0.05) is 10.0 Å². The number of methoxy groups -OCH3 is 1. The highest BCUT2D eigenvalue weighted by Crippen LogP contribution is 2.56. The van der Waals surface area contributed by atoms with Crippen molar-refractivity contribution in [1.29, 1.82) is 0 Å². The Kier molecular flexibility index (Phi) is 2.98. The van der Waals surface area contributed by atoms with Crippen molar-refractivity contribution in [3.05, 3.63) is 21.7 Å². The number of aryl methyl sites for hydroxylation is 1. The summed E-state index contributed by atoms with van der Waals surface area (Å²) < 4.78 is 5.88. The Morgan fingerprint density at radius 1 is 1.59 bits per heavy atom. The zero-order valence-electron chi connectivity index (χ0n) is 9.58. The average molecular weight is 298 g/mol. The van der Waals surface area contributed by atoms with Gasteiger partial charge in [0.25, 0.3) is 0 Å². The molecular weight excluding hydrogens is 286 g/mol. The van der Waals surface area contributed by atoms with Gasteiger partial charge in [-0.3, -0.25) is 0 Å². The lowest BCUT2D eigenvalue weighted by Gasteiger charge is -2.17. The summed E-state index contributed by atoms with van der Waals surface area (Å²) in [6.45, 7) is 1.90. The van der Waals surface area contributed by atoms with Gasteiger partial charge in [-0.25, -0.2) is 4.79 Å². The SMILES string of the molecule is COc1cc(C)c(Br)c(C2(N=C=O)CC2)c1O. The van der Waals surface area contributed by atoms with Crippen molar-refractivity contribution in [3.63, 3.8) is 0 Å². The first kappa shape index (κ1) is 12.1. The van der Waals surface area contributed by atoms with Gasteiger partial charge in [-0.2, -0.15) is 4.99 Å². The first-order valence-corrected chi connectivity index (χ1v) is 6.00. The van der Waals surface area contributed by atoms with E-state index in [-0.39, 0.29) is 5.75 Å². The summed E-state index contributed by atoms with van der Waals surface area (Å²) in [4.78, 5) is 14.3. The molecule has 17 heavy (non-hydrogen) atoms. The Bertz CT molecular complexity index is 517. The molecule has 0 aliphatic heterocycles. The van der Waals surface area contributed by atoms with E-state index in [1.165, 1.54) is 7.11 Å². The minimum absolute atomic E-state index is 0.0430. The topological polar surface area (TPSA) is 58.9 Å². The van der Waals surface area contributed by atoms with Crippen LogP contribution in [-0.2, 0) is 10.3 Å². The van der Waals surface area contributed by atoms with Crippen LogP contribution in [0.1, 0.15) is 24.0 Å². The molecule has 1 N–H and O–H groups in total. The van der Waals surface area contributed by atoms with E-state index in [0.717, 1.165) is 22.9 Å². The van der Waals surface area contributed by atoms with Crippen molar-refractivity contribution >= 4 is 22.0 Å². The number of rotatable bonds is 3. The molecule has 5 heteroatoms. The maximum absolute atomic E-state index is 10.5. The number of isocyanates is 1. The molecule has 0 amide bonds. The van der Waals surface area contributed by atoms with Crippen LogP contribution in [0.5, 0.6) is 11.5 Å². The number of phenolic OH excluding ortho intramolecular Hbond substituents is 1. The molecule has 4 nitrogen and oxygen atoms in total. The van der Waals surface area contributed by atoms with Crippen LogP contribution in [-0.4, -0.2) is 18.3 Å². The van der Waals surface area contributed by atoms with E-state index in [4.69, 9.17) is 4.74 Å². The first-order chi connectivity index (χ1) is 8.05. The fourth-order valence-corrected chi connectivity index (χ4v) is 2.63. The van der Waals surface area contributed by atoms with Gasteiger partial charge in [-0.1, -0.05) is 15.9 Å². The number of ether oxygens (including phenoxy) is 1. The molecule has 0 aromatic heterocycles. The van der Waals surface area contributed by atoms with E-state index in [0.29, 0.717) is 11.3 Å². The van der Waals surface area contributed by atoms with Crippen LogP contribution in [0.3, 0.4) is 0 Å². The van der Waals surface area contributed by atoms with Crippen molar-refractivity contribution in [1.82, 2.24) is 0 Å². The highest BCUT2D eigenvalue weighted by atomic mass is 79.9. The van der Waals surface area contributed by atoms with Gasteiger partial charge < -0.3 is 9.84 Å². The predicted octanol–water partition coefficient (Wildman–Crippen LogP) is 2.80. The predicted molar refractivity (Wildman–Crippen MR) is 66.1 cm³/mol. The lowest BCUT2D eigenvalue weighted by molar-refractivity contribution is 0.367. The molecule has 0 atom stereocenters. The number of nitrogens with zero attached hydrogens (tertiary/aromatic N) is 1. The number of halogens is 1. The second kappa shape index (κ2) is 4.17. The van der Waals surface area contributed by atoms with Gasteiger partial charge in [0.2, 0.25) is 6.08 Å². The maximum atomic E-state index is 10.5. The Hall–Kier alpha value is -1.32. The molecule has 1 aromatic carbocycles. The first-order valence-electron chi connectivity index (χ1n) is 5.21. The van der Waals surface area contributed by atoms with E-state index >= 15 is 0 Å². The van der Waals surface area contributed by atoms with Gasteiger partial charge in [-0.15, -0.1) is 0 Å².